The van der Waals surface area contributed by atoms with Crippen molar-refractivity contribution in [2.75, 3.05) is 17.4 Å². The molecule has 0 aromatic heterocycles. The lowest BCUT2D eigenvalue weighted by molar-refractivity contribution is 0.562. The van der Waals surface area contributed by atoms with Crippen LogP contribution >= 0.6 is 0 Å². The highest BCUT2D eigenvalue weighted by Crippen LogP contribution is 2.29. The van der Waals surface area contributed by atoms with E-state index >= 15 is 0 Å². The van der Waals surface area contributed by atoms with Gasteiger partial charge in [-0.15, -0.1) is 0 Å². The molecule has 1 heterocycles. The average Bonchev–Trinajstić information content (AvgIpc) is 2.72. The summed E-state index contributed by atoms with van der Waals surface area (Å²) in [4.78, 5) is -0.274. The van der Waals surface area contributed by atoms with Gasteiger partial charge >= 0.3 is 0 Å². The van der Waals surface area contributed by atoms with Crippen molar-refractivity contribution in [3.63, 3.8) is 0 Å². The maximum atomic E-state index is 14.1. The van der Waals surface area contributed by atoms with Crippen LogP contribution in [0.2, 0.25) is 0 Å². The van der Waals surface area contributed by atoms with Gasteiger partial charge in [0.1, 0.15) is 10.7 Å². The molecule has 22 heavy (non-hydrogen) atoms. The molecule has 0 unspecified atom stereocenters. The molecule has 4 nitrogen and oxygen atoms in total. The Bertz CT molecular complexity index is 806. The lowest BCUT2D eigenvalue weighted by atomic mass is 10.2. The molecule has 0 spiro atoms. The Morgan fingerprint density at radius 1 is 1.18 bits per heavy atom. The first-order chi connectivity index (χ1) is 10.5. The summed E-state index contributed by atoms with van der Waals surface area (Å²) in [6.07, 6.45) is 0. The zero-order valence-electron chi connectivity index (χ0n) is 12.2. The van der Waals surface area contributed by atoms with Crippen LogP contribution in [-0.4, -0.2) is 21.5 Å². The van der Waals surface area contributed by atoms with Crippen molar-refractivity contribution in [3.05, 3.63) is 59.4 Å². The van der Waals surface area contributed by atoms with Crippen LogP contribution in [-0.2, 0) is 16.6 Å². The molecule has 1 aliphatic rings. The van der Waals surface area contributed by atoms with Gasteiger partial charge < -0.3 is 5.32 Å². The highest BCUT2D eigenvalue weighted by atomic mass is 32.2. The molecule has 6 heteroatoms. The van der Waals surface area contributed by atoms with Gasteiger partial charge in [0.25, 0.3) is 10.0 Å². The minimum Gasteiger partial charge on any atom is -0.311 e. The SMILES string of the molecule is Cc1ccc(F)c(S(=O)(=O)N2CCNCc3ccccc32)c1. The number of hydrogen-bond donors (Lipinski definition) is 1. The second kappa shape index (κ2) is 5.70. The van der Waals surface area contributed by atoms with E-state index in [2.05, 4.69) is 5.32 Å². The molecule has 0 saturated heterocycles. The third-order valence-corrected chi connectivity index (χ3v) is 5.55. The highest BCUT2D eigenvalue weighted by molar-refractivity contribution is 7.92. The number of benzene rings is 2. The van der Waals surface area contributed by atoms with Crippen molar-refractivity contribution >= 4 is 15.7 Å². The Morgan fingerprint density at radius 3 is 2.77 bits per heavy atom. The third kappa shape index (κ3) is 2.60. The van der Waals surface area contributed by atoms with E-state index in [1.165, 1.54) is 16.4 Å². The first-order valence-corrected chi connectivity index (χ1v) is 8.51. The van der Waals surface area contributed by atoms with Crippen molar-refractivity contribution in [1.82, 2.24) is 5.32 Å². The minimum atomic E-state index is -3.93. The van der Waals surface area contributed by atoms with Gasteiger partial charge in [0, 0.05) is 19.6 Å². The molecule has 2 aromatic carbocycles. The smallest absolute Gasteiger partial charge is 0.267 e. The Kier molecular flexibility index (Phi) is 3.88. The van der Waals surface area contributed by atoms with E-state index in [0.717, 1.165) is 5.56 Å². The summed E-state index contributed by atoms with van der Waals surface area (Å²) in [5.41, 5.74) is 2.20. The fourth-order valence-electron chi connectivity index (χ4n) is 2.60. The fraction of sp³-hybridized carbons (Fsp3) is 0.250. The lowest BCUT2D eigenvalue weighted by Gasteiger charge is -2.24. The number of halogens is 1. The quantitative estimate of drug-likeness (QED) is 0.924. The molecule has 3 rings (SSSR count). The monoisotopic (exact) mass is 320 g/mol. The first-order valence-electron chi connectivity index (χ1n) is 7.07. The van der Waals surface area contributed by atoms with Crippen LogP contribution in [0.1, 0.15) is 11.1 Å². The molecule has 0 bridgehead atoms. The second-order valence-electron chi connectivity index (χ2n) is 5.32. The van der Waals surface area contributed by atoms with Crippen LogP contribution in [0.15, 0.2) is 47.4 Å². The summed E-state index contributed by atoms with van der Waals surface area (Å²) in [5.74, 6) is -0.722. The molecule has 0 atom stereocenters. The van der Waals surface area contributed by atoms with Gasteiger partial charge in [0.2, 0.25) is 0 Å². The van der Waals surface area contributed by atoms with E-state index in [9.17, 15) is 12.8 Å². The molecule has 0 saturated carbocycles. The number of fused-ring (bicyclic) bond motifs is 1. The molecular formula is C16H17FN2O2S. The molecular weight excluding hydrogens is 303 g/mol. The molecule has 0 amide bonds. The summed E-state index contributed by atoms with van der Waals surface area (Å²) in [7, 11) is -3.93. The number of rotatable bonds is 2. The molecule has 0 aliphatic carbocycles. The standard InChI is InChI=1S/C16H17FN2O2S/c1-12-6-7-14(17)16(10-12)22(20,21)19-9-8-18-11-13-4-2-3-5-15(13)19/h2-7,10,18H,8-9,11H2,1H3. The number of sulfonamides is 1. The van der Waals surface area contributed by atoms with E-state index in [0.29, 0.717) is 24.3 Å². The van der Waals surface area contributed by atoms with Crippen LogP contribution in [0.25, 0.3) is 0 Å². The van der Waals surface area contributed by atoms with Crippen LogP contribution < -0.4 is 9.62 Å². The van der Waals surface area contributed by atoms with E-state index in [4.69, 9.17) is 0 Å². The zero-order valence-corrected chi connectivity index (χ0v) is 13.0. The topological polar surface area (TPSA) is 49.4 Å². The van der Waals surface area contributed by atoms with E-state index in [-0.39, 0.29) is 11.4 Å². The Hall–Kier alpha value is -1.92. The van der Waals surface area contributed by atoms with Crippen LogP contribution in [0.4, 0.5) is 10.1 Å². The van der Waals surface area contributed by atoms with E-state index < -0.39 is 15.8 Å². The van der Waals surface area contributed by atoms with Gasteiger partial charge in [-0.25, -0.2) is 12.8 Å². The Balaban J connectivity index is 2.15. The molecule has 1 N–H and O–H groups in total. The minimum absolute atomic E-state index is 0.271. The number of nitrogens with zero attached hydrogens (tertiary/aromatic N) is 1. The van der Waals surface area contributed by atoms with Crippen molar-refractivity contribution in [3.8, 4) is 0 Å². The second-order valence-corrected chi connectivity index (χ2v) is 7.15. The molecule has 116 valence electrons. The van der Waals surface area contributed by atoms with Crippen molar-refractivity contribution in [2.45, 2.75) is 18.4 Å². The maximum absolute atomic E-state index is 14.1. The van der Waals surface area contributed by atoms with Gasteiger partial charge in [-0.05, 0) is 36.2 Å². The summed E-state index contributed by atoms with van der Waals surface area (Å²) in [6, 6.07) is 11.4. The maximum Gasteiger partial charge on any atom is 0.267 e. The average molecular weight is 320 g/mol. The number of nitrogens with one attached hydrogen (secondary N) is 1. The number of para-hydroxylation sites is 1. The largest absolute Gasteiger partial charge is 0.311 e. The van der Waals surface area contributed by atoms with Crippen LogP contribution in [0.5, 0.6) is 0 Å². The molecule has 0 fully saturated rings. The van der Waals surface area contributed by atoms with Crippen molar-refractivity contribution in [2.24, 2.45) is 0 Å². The number of anilines is 1. The summed E-state index contributed by atoms with van der Waals surface area (Å²) < 4.78 is 41.2. The fourth-order valence-corrected chi connectivity index (χ4v) is 4.26. The van der Waals surface area contributed by atoms with Crippen LogP contribution in [0, 0.1) is 12.7 Å². The predicted octanol–water partition coefficient (Wildman–Crippen LogP) is 2.43. The predicted molar refractivity (Wildman–Crippen MR) is 83.8 cm³/mol. The van der Waals surface area contributed by atoms with Gasteiger partial charge in [-0.3, -0.25) is 4.31 Å². The van der Waals surface area contributed by atoms with Crippen molar-refractivity contribution in [1.29, 1.82) is 0 Å². The summed E-state index contributed by atoms with van der Waals surface area (Å²) >= 11 is 0. The summed E-state index contributed by atoms with van der Waals surface area (Å²) in [5, 5.41) is 3.18. The number of hydrogen-bond acceptors (Lipinski definition) is 3. The Morgan fingerprint density at radius 2 is 1.95 bits per heavy atom. The molecule has 2 aromatic rings. The Labute approximate surface area is 129 Å². The third-order valence-electron chi connectivity index (χ3n) is 3.72. The van der Waals surface area contributed by atoms with Gasteiger partial charge in [-0.2, -0.15) is 0 Å². The van der Waals surface area contributed by atoms with Crippen LogP contribution in [0.3, 0.4) is 0 Å². The first kappa shape index (κ1) is 15.0. The highest BCUT2D eigenvalue weighted by Gasteiger charge is 2.30. The summed E-state index contributed by atoms with van der Waals surface area (Å²) in [6.45, 7) is 3.13. The molecule has 1 aliphatic heterocycles. The molecule has 0 radical (unpaired) electrons. The van der Waals surface area contributed by atoms with E-state index in [1.807, 2.05) is 12.1 Å². The number of aryl methyl sites for hydroxylation is 1. The zero-order chi connectivity index (χ0) is 15.7. The van der Waals surface area contributed by atoms with E-state index in [1.54, 1.807) is 25.1 Å². The lowest BCUT2D eigenvalue weighted by Crippen LogP contribution is -2.35. The van der Waals surface area contributed by atoms with Crippen molar-refractivity contribution < 1.29 is 12.8 Å². The van der Waals surface area contributed by atoms with Gasteiger partial charge in [0.15, 0.2) is 0 Å². The van der Waals surface area contributed by atoms with Gasteiger partial charge in [0.05, 0.1) is 5.69 Å². The normalized spacial score (nSPS) is 15.3. The van der Waals surface area contributed by atoms with Gasteiger partial charge in [-0.1, -0.05) is 24.3 Å².